The van der Waals surface area contributed by atoms with Crippen molar-refractivity contribution >= 4 is 11.6 Å². The number of carbonyl (C=O) groups excluding carboxylic acids is 1. The van der Waals surface area contributed by atoms with Gasteiger partial charge in [-0.05, 0) is 17.7 Å². The monoisotopic (exact) mass is 207 g/mol. The minimum absolute atomic E-state index is 0.0518. The van der Waals surface area contributed by atoms with E-state index < -0.39 is 0 Å². The fourth-order valence-electron chi connectivity index (χ4n) is 1.24. The Morgan fingerprint density at radius 2 is 2.00 bits per heavy atom. The predicted octanol–water partition coefficient (Wildman–Crippen LogP) is 0.693. The second-order valence-electron chi connectivity index (χ2n) is 3.34. The Bertz CT molecular complexity index is 308. The predicted molar refractivity (Wildman–Crippen MR) is 61.5 cm³/mol. The highest BCUT2D eigenvalue weighted by atomic mass is 16.1. The molecule has 0 aliphatic rings. The maximum absolute atomic E-state index is 10.8. The van der Waals surface area contributed by atoms with E-state index in [1.165, 1.54) is 12.5 Å². The van der Waals surface area contributed by atoms with Crippen molar-refractivity contribution in [3.8, 4) is 0 Å². The molecule has 1 amide bonds. The van der Waals surface area contributed by atoms with Crippen molar-refractivity contribution in [2.75, 3.05) is 18.4 Å². The van der Waals surface area contributed by atoms with Crippen LogP contribution in [0.2, 0.25) is 0 Å². The molecule has 1 aromatic rings. The van der Waals surface area contributed by atoms with Crippen LogP contribution in [0.3, 0.4) is 0 Å². The molecule has 15 heavy (non-hydrogen) atoms. The number of nitrogens with one attached hydrogen (secondary N) is 2. The van der Waals surface area contributed by atoms with Gasteiger partial charge in [-0.3, -0.25) is 4.79 Å². The summed E-state index contributed by atoms with van der Waals surface area (Å²) in [6.07, 6.45) is 0. The van der Waals surface area contributed by atoms with Gasteiger partial charge in [-0.2, -0.15) is 0 Å². The second kappa shape index (κ2) is 6.16. The molecule has 0 aliphatic carbocycles. The van der Waals surface area contributed by atoms with Crippen LogP contribution in [0, 0.1) is 0 Å². The number of hydrogen-bond donors (Lipinski definition) is 3. The van der Waals surface area contributed by atoms with Crippen LogP contribution in [0.5, 0.6) is 0 Å². The van der Waals surface area contributed by atoms with E-state index in [-0.39, 0.29) is 5.91 Å². The van der Waals surface area contributed by atoms with Gasteiger partial charge < -0.3 is 16.4 Å². The van der Waals surface area contributed by atoms with E-state index in [4.69, 9.17) is 5.73 Å². The molecule has 0 heterocycles. The quantitative estimate of drug-likeness (QED) is 0.622. The molecule has 82 valence electrons. The summed E-state index contributed by atoms with van der Waals surface area (Å²) in [5.41, 5.74) is 7.36. The van der Waals surface area contributed by atoms with Gasteiger partial charge in [0.05, 0.1) is 0 Å². The van der Waals surface area contributed by atoms with Crippen molar-refractivity contribution < 1.29 is 4.79 Å². The Kier molecular flexibility index (Phi) is 4.80. The molecule has 4 nitrogen and oxygen atoms in total. The van der Waals surface area contributed by atoms with Crippen LogP contribution < -0.4 is 16.4 Å². The molecule has 0 bridgehead atoms. The number of anilines is 1. The van der Waals surface area contributed by atoms with Gasteiger partial charge in [0, 0.05) is 32.2 Å². The molecule has 4 heteroatoms. The lowest BCUT2D eigenvalue weighted by molar-refractivity contribution is -0.114. The molecule has 1 rings (SSSR count). The third-order valence-electron chi connectivity index (χ3n) is 1.92. The molecule has 0 unspecified atom stereocenters. The fourth-order valence-corrected chi connectivity index (χ4v) is 1.24. The van der Waals surface area contributed by atoms with Crippen LogP contribution in [0.25, 0.3) is 0 Å². The van der Waals surface area contributed by atoms with Crippen molar-refractivity contribution in [3.05, 3.63) is 29.8 Å². The number of nitrogens with two attached hydrogens (primary N) is 1. The van der Waals surface area contributed by atoms with Gasteiger partial charge in [0.1, 0.15) is 0 Å². The molecule has 4 N–H and O–H groups in total. The molecule has 0 aliphatic heterocycles. The molecular weight excluding hydrogens is 190 g/mol. The zero-order valence-corrected chi connectivity index (χ0v) is 8.92. The van der Waals surface area contributed by atoms with Crippen LogP contribution in [0.1, 0.15) is 12.5 Å². The normalized spacial score (nSPS) is 10.0. The van der Waals surface area contributed by atoms with Gasteiger partial charge in [0.15, 0.2) is 0 Å². The minimum atomic E-state index is -0.0518. The van der Waals surface area contributed by atoms with Crippen molar-refractivity contribution in [3.63, 3.8) is 0 Å². The first kappa shape index (κ1) is 11.7. The van der Waals surface area contributed by atoms with E-state index in [9.17, 15) is 4.79 Å². The first-order chi connectivity index (χ1) is 7.22. The summed E-state index contributed by atoms with van der Waals surface area (Å²) in [4.78, 5) is 10.8. The Balaban J connectivity index is 2.45. The van der Waals surface area contributed by atoms with E-state index in [2.05, 4.69) is 10.6 Å². The van der Waals surface area contributed by atoms with Crippen LogP contribution in [0.4, 0.5) is 5.69 Å². The average molecular weight is 207 g/mol. The molecule has 0 atom stereocenters. The highest BCUT2D eigenvalue weighted by molar-refractivity contribution is 5.88. The summed E-state index contributed by atoms with van der Waals surface area (Å²) < 4.78 is 0. The zero-order valence-electron chi connectivity index (χ0n) is 8.92. The standard InChI is InChI=1S/C11H17N3O/c1-9(15)14-11-4-2-10(3-5-11)8-13-7-6-12/h2-5,13H,6-8,12H2,1H3,(H,14,15). The van der Waals surface area contributed by atoms with E-state index in [0.29, 0.717) is 6.54 Å². The second-order valence-corrected chi connectivity index (χ2v) is 3.34. The molecule has 0 fully saturated rings. The molecule has 0 saturated carbocycles. The van der Waals surface area contributed by atoms with Crippen molar-refractivity contribution in [2.45, 2.75) is 13.5 Å². The lowest BCUT2D eigenvalue weighted by Crippen LogP contribution is -2.21. The third kappa shape index (κ3) is 4.58. The van der Waals surface area contributed by atoms with Gasteiger partial charge in [0.25, 0.3) is 0 Å². The molecule has 0 aromatic heterocycles. The van der Waals surface area contributed by atoms with Crippen molar-refractivity contribution in [2.24, 2.45) is 5.73 Å². The van der Waals surface area contributed by atoms with Gasteiger partial charge in [0.2, 0.25) is 5.91 Å². The zero-order chi connectivity index (χ0) is 11.1. The first-order valence-electron chi connectivity index (χ1n) is 4.99. The summed E-state index contributed by atoms with van der Waals surface area (Å²) in [6, 6.07) is 7.74. The first-order valence-corrected chi connectivity index (χ1v) is 4.99. The number of amides is 1. The Hall–Kier alpha value is -1.39. The molecule has 0 radical (unpaired) electrons. The Labute approximate surface area is 89.9 Å². The maximum Gasteiger partial charge on any atom is 0.221 e. The van der Waals surface area contributed by atoms with E-state index >= 15 is 0 Å². The topological polar surface area (TPSA) is 67.2 Å². The third-order valence-corrected chi connectivity index (χ3v) is 1.92. The van der Waals surface area contributed by atoms with Crippen molar-refractivity contribution in [1.82, 2.24) is 5.32 Å². The van der Waals surface area contributed by atoms with Gasteiger partial charge in [-0.1, -0.05) is 12.1 Å². The lowest BCUT2D eigenvalue weighted by atomic mass is 10.2. The van der Waals surface area contributed by atoms with Crippen molar-refractivity contribution in [1.29, 1.82) is 0 Å². The molecule has 1 aromatic carbocycles. The number of carbonyl (C=O) groups is 1. The molecular formula is C11H17N3O. The van der Waals surface area contributed by atoms with Gasteiger partial charge in [-0.15, -0.1) is 0 Å². The summed E-state index contributed by atoms with van der Waals surface area (Å²) in [5, 5.41) is 5.92. The highest BCUT2D eigenvalue weighted by Crippen LogP contribution is 2.08. The van der Waals surface area contributed by atoms with Gasteiger partial charge >= 0.3 is 0 Å². The molecule has 0 saturated heterocycles. The van der Waals surface area contributed by atoms with E-state index in [0.717, 1.165) is 18.8 Å². The SMILES string of the molecule is CC(=O)Nc1ccc(CNCCN)cc1. The van der Waals surface area contributed by atoms with Crippen LogP contribution in [-0.2, 0) is 11.3 Å². The van der Waals surface area contributed by atoms with E-state index in [1.807, 2.05) is 24.3 Å². The minimum Gasteiger partial charge on any atom is -0.329 e. The average Bonchev–Trinajstić information content (AvgIpc) is 2.20. The highest BCUT2D eigenvalue weighted by Gasteiger charge is 1.95. The summed E-state index contributed by atoms with van der Waals surface area (Å²) >= 11 is 0. The smallest absolute Gasteiger partial charge is 0.221 e. The summed E-state index contributed by atoms with van der Waals surface area (Å²) in [6.45, 7) is 3.76. The summed E-state index contributed by atoms with van der Waals surface area (Å²) in [7, 11) is 0. The van der Waals surface area contributed by atoms with Crippen LogP contribution in [-0.4, -0.2) is 19.0 Å². The Morgan fingerprint density at radius 1 is 1.33 bits per heavy atom. The number of hydrogen-bond acceptors (Lipinski definition) is 3. The van der Waals surface area contributed by atoms with E-state index in [1.54, 1.807) is 0 Å². The van der Waals surface area contributed by atoms with Gasteiger partial charge in [-0.25, -0.2) is 0 Å². The molecule has 0 spiro atoms. The summed E-state index contributed by atoms with van der Waals surface area (Å²) in [5.74, 6) is -0.0518. The largest absolute Gasteiger partial charge is 0.329 e. The van der Waals surface area contributed by atoms with Crippen LogP contribution >= 0.6 is 0 Å². The number of rotatable bonds is 5. The fraction of sp³-hybridized carbons (Fsp3) is 0.364. The van der Waals surface area contributed by atoms with Crippen LogP contribution in [0.15, 0.2) is 24.3 Å². The maximum atomic E-state index is 10.8. The Morgan fingerprint density at radius 3 is 2.53 bits per heavy atom. The number of benzene rings is 1. The lowest BCUT2D eigenvalue weighted by Gasteiger charge is -2.05.